The molecule has 1 aromatic heterocycles. The molecule has 148 valence electrons. The molecule has 2 N–H and O–H groups in total. The van der Waals surface area contributed by atoms with Crippen molar-refractivity contribution in [1.29, 1.82) is 0 Å². The first-order valence-corrected chi connectivity index (χ1v) is 10.4. The lowest BCUT2D eigenvalue weighted by molar-refractivity contribution is 0.103. The Kier molecular flexibility index (Phi) is 4.11. The molecule has 3 aromatic carbocycles. The van der Waals surface area contributed by atoms with E-state index in [-0.39, 0.29) is 10.8 Å². The number of carbonyl (C=O) groups is 1. The molecule has 9 heteroatoms. The number of hydrogen-bond acceptors (Lipinski definition) is 6. The SMILES string of the molecule is O=C1Nc2ccc(S(=O)(=O)Nc3cccc(Oc4cnccn4)c3)c3cccc1c23. The normalized spacial score (nSPS) is 12.6. The molecule has 1 aliphatic rings. The largest absolute Gasteiger partial charge is 0.437 e. The van der Waals surface area contributed by atoms with E-state index in [1.165, 1.54) is 24.7 Å². The van der Waals surface area contributed by atoms with Gasteiger partial charge < -0.3 is 10.1 Å². The zero-order chi connectivity index (χ0) is 20.7. The number of sulfonamides is 1. The molecule has 0 spiro atoms. The van der Waals surface area contributed by atoms with Crippen LogP contribution in [0.5, 0.6) is 11.6 Å². The predicted molar refractivity (Wildman–Crippen MR) is 111 cm³/mol. The summed E-state index contributed by atoms with van der Waals surface area (Å²) in [6, 6.07) is 14.6. The number of benzene rings is 3. The van der Waals surface area contributed by atoms with E-state index in [0.717, 1.165) is 0 Å². The molecule has 5 rings (SSSR count). The first-order valence-electron chi connectivity index (χ1n) is 8.95. The quantitative estimate of drug-likeness (QED) is 0.510. The molecular formula is C21H14N4O4S. The van der Waals surface area contributed by atoms with Crippen molar-refractivity contribution in [3.05, 3.63) is 78.8 Å². The van der Waals surface area contributed by atoms with Gasteiger partial charge in [0.1, 0.15) is 5.75 Å². The Morgan fingerprint density at radius 3 is 2.70 bits per heavy atom. The maximum absolute atomic E-state index is 13.1. The van der Waals surface area contributed by atoms with Crippen molar-refractivity contribution in [3.8, 4) is 11.6 Å². The fourth-order valence-corrected chi connectivity index (χ4v) is 4.64. The van der Waals surface area contributed by atoms with Gasteiger partial charge in [0.2, 0.25) is 5.88 Å². The molecule has 0 atom stereocenters. The third-order valence-electron chi connectivity index (χ3n) is 4.63. The van der Waals surface area contributed by atoms with E-state index in [1.54, 1.807) is 48.5 Å². The highest BCUT2D eigenvalue weighted by Gasteiger charge is 2.26. The van der Waals surface area contributed by atoms with Crippen LogP contribution in [0.15, 0.2) is 78.1 Å². The minimum atomic E-state index is -3.93. The van der Waals surface area contributed by atoms with Crippen LogP contribution in [0.3, 0.4) is 0 Å². The Morgan fingerprint density at radius 1 is 1.00 bits per heavy atom. The van der Waals surface area contributed by atoms with Crippen LogP contribution in [0.4, 0.5) is 11.4 Å². The van der Waals surface area contributed by atoms with Gasteiger partial charge in [0, 0.05) is 40.5 Å². The van der Waals surface area contributed by atoms with Gasteiger partial charge in [-0.05, 0) is 30.3 Å². The van der Waals surface area contributed by atoms with Gasteiger partial charge in [-0.15, -0.1) is 0 Å². The number of anilines is 2. The van der Waals surface area contributed by atoms with E-state index in [2.05, 4.69) is 20.0 Å². The molecule has 0 saturated heterocycles. The van der Waals surface area contributed by atoms with Crippen LogP contribution in [-0.2, 0) is 10.0 Å². The Morgan fingerprint density at radius 2 is 1.87 bits per heavy atom. The first kappa shape index (κ1) is 18.1. The predicted octanol–water partition coefficient (Wildman–Crippen LogP) is 3.79. The van der Waals surface area contributed by atoms with Crippen molar-refractivity contribution < 1.29 is 17.9 Å². The van der Waals surface area contributed by atoms with Gasteiger partial charge in [-0.1, -0.05) is 18.2 Å². The summed E-state index contributed by atoms with van der Waals surface area (Å²) in [4.78, 5) is 20.1. The van der Waals surface area contributed by atoms with Crippen molar-refractivity contribution in [3.63, 3.8) is 0 Å². The molecule has 0 fully saturated rings. The third-order valence-corrected chi connectivity index (χ3v) is 6.07. The number of amides is 1. The molecule has 0 saturated carbocycles. The second-order valence-corrected chi connectivity index (χ2v) is 8.22. The van der Waals surface area contributed by atoms with E-state index in [1.807, 2.05) is 0 Å². The van der Waals surface area contributed by atoms with Gasteiger partial charge in [-0.3, -0.25) is 14.5 Å². The highest BCUT2D eigenvalue weighted by Crippen LogP contribution is 2.37. The second-order valence-electron chi connectivity index (χ2n) is 6.57. The number of nitrogens with zero attached hydrogens (tertiary/aromatic N) is 2. The first-order chi connectivity index (χ1) is 14.5. The zero-order valence-electron chi connectivity index (χ0n) is 15.4. The Bertz CT molecular complexity index is 1410. The van der Waals surface area contributed by atoms with Gasteiger partial charge in [0.15, 0.2) is 0 Å². The Labute approximate surface area is 171 Å². The molecule has 2 heterocycles. The summed E-state index contributed by atoms with van der Waals surface area (Å²) in [5.74, 6) is 0.458. The molecule has 0 bridgehead atoms. The average molecular weight is 418 g/mol. The lowest BCUT2D eigenvalue weighted by Crippen LogP contribution is -2.13. The van der Waals surface area contributed by atoms with Crippen molar-refractivity contribution in [2.24, 2.45) is 0 Å². The van der Waals surface area contributed by atoms with Gasteiger partial charge in [-0.2, -0.15) is 0 Å². The minimum Gasteiger partial charge on any atom is -0.437 e. The standard InChI is InChI=1S/C21H14N4O4S/c26-21-16-6-2-5-15-18(8-7-17(24-21)20(15)16)30(27,28)25-13-3-1-4-14(11-13)29-19-12-22-9-10-23-19/h1-12,25H,(H,24,26). The van der Waals surface area contributed by atoms with E-state index in [9.17, 15) is 13.2 Å². The van der Waals surface area contributed by atoms with Crippen LogP contribution in [0.25, 0.3) is 10.8 Å². The summed E-state index contributed by atoms with van der Waals surface area (Å²) in [5.41, 5.74) is 1.39. The number of ether oxygens (including phenoxy) is 1. The zero-order valence-corrected chi connectivity index (χ0v) is 16.2. The summed E-state index contributed by atoms with van der Waals surface area (Å²) >= 11 is 0. The Balaban J connectivity index is 1.50. The lowest BCUT2D eigenvalue weighted by Gasteiger charge is -2.12. The average Bonchev–Trinajstić information content (AvgIpc) is 3.06. The molecule has 0 aliphatic carbocycles. The summed E-state index contributed by atoms with van der Waals surface area (Å²) in [5, 5.41) is 3.82. The Hall–Kier alpha value is -3.98. The molecule has 1 aliphatic heterocycles. The van der Waals surface area contributed by atoms with Crippen LogP contribution in [0.1, 0.15) is 10.4 Å². The number of aromatic nitrogens is 2. The van der Waals surface area contributed by atoms with Gasteiger partial charge >= 0.3 is 0 Å². The van der Waals surface area contributed by atoms with Crippen molar-refractivity contribution in [2.45, 2.75) is 4.90 Å². The monoisotopic (exact) mass is 418 g/mol. The smallest absolute Gasteiger partial charge is 0.262 e. The molecular weight excluding hydrogens is 404 g/mol. The van der Waals surface area contributed by atoms with Crippen LogP contribution < -0.4 is 14.8 Å². The third kappa shape index (κ3) is 3.11. The molecule has 0 unspecified atom stereocenters. The second kappa shape index (κ2) is 6.82. The van der Waals surface area contributed by atoms with E-state index in [4.69, 9.17) is 4.74 Å². The molecule has 8 nitrogen and oxygen atoms in total. The molecule has 4 aromatic rings. The van der Waals surface area contributed by atoms with E-state index >= 15 is 0 Å². The summed E-state index contributed by atoms with van der Waals surface area (Å²) in [7, 11) is -3.93. The fourth-order valence-electron chi connectivity index (χ4n) is 3.39. The van der Waals surface area contributed by atoms with Crippen molar-refractivity contribution >= 4 is 38.1 Å². The van der Waals surface area contributed by atoms with Gasteiger partial charge in [0.05, 0.1) is 16.8 Å². The van der Waals surface area contributed by atoms with E-state index < -0.39 is 10.0 Å². The fraction of sp³-hybridized carbons (Fsp3) is 0. The summed E-state index contributed by atoms with van der Waals surface area (Å²) < 4.78 is 34.4. The summed E-state index contributed by atoms with van der Waals surface area (Å²) in [6.45, 7) is 0. The van der Waals surface area contributed by atoms with Crippen molar-refractivity contribution in [2.75, 3.05) is 10.0 Å². The lowest BCUT2D eigenvalue weighted by atomic mass is 10.1. The number of nitrogens with one attached hydrogen (secondary N) is 2. The van der Waals surface area contributed by atoms with Crippen LogP contribution in [-0.4, -0.2) is 24.3 Å². The minimum absolute atomic E-state index is 0.0832. The number of rotatable bonds is 5. The maximum atomic E-state index is 13.1. The highest BCUT2D eigenvalue weighted by atomic mass is 32.2. The number of carbonyl (C=O) groups excluding carboxylic acids is 1. The van der Waals surface area contributed by atoms with Crippen LogP contribution >= 0.6 is 0 Å². The van der Waals surface area contributed by atoms with Crippen molar-refractivity contribution in [1.82, 2.24) is 9.97 Å². The topological polar surface area (TPSA) is 110 Å². The number of hydrogen-bond donors (Lipinski definition) is 2. The van der Waals surface area contributed by atoms with Crippen LogP contribution in [0, 0.1) is 0 Å². The van der Waals surface area contributed by atoms with Gasteiger partial charge in [-0.25, -0.2) is 13.4 Å². The molecule has 1 amide bonds. The summed E-state index contributed by atoms with van der Waals surface area (Å²) in [6.07, 6.45) is 4.48. The molecule has 30 heavy (non-hydrogen) atoms. The van der Waals surface area contributed by atoms with E-state index in [0.29, 0.717) is 39.3 Å². The maximum Gasteiger partial charge on any atom is 0.262 e. The van der Waals surface area contributed by atoms with Gasteiger partial charge in [0.25, 0.3) is 15.9 Å². The highest BCUT2D eigenvalue weighted by molar-refractivity contribution is 7.93. The molecule has 0 radical (unpaired) electrons. The van der Waals surface area contributed by atoms with Crippen LogP contribution in [0.2, 0.25) is 0 Å².